The Labute approximate surface area is 223 Å². The van der Waals surface area contributed by atoms with Crippen LogP contribution in [0.25, 0.3) is 0 Å². The van der Waals surface area contributed by atoms with E-state index >= 15 is 0 Å². The van der Waals surface area contributed by atoms with E-state index in [1.54, 1.807) is 43.7 Å². The van der Waals surface area contributed by atoms with Crippen molar-refractivity contribution in [2.45, 2.75) is 120 Å². The number of ether oxygens (including phenoxy) is 2. The van der Waals surface area contributed by atoms with Crippen LogP contribution in [-0.4, -0.2) is 87.7 Å². The van der Waals surface area contributed by atoms with Gasteiger partial charge in [0.2, 0.25) is 0 Å². The molecule has 38 heavy (non-hydrogen) atoms. The monoisotopic (exact) mass is 537 g/mol. The number of unbranched alkanes of at least 4 members (excludes halogenated alkanes) is 1. The summed E-state index contributed by atoms with van der Waals surface area (Å²) >= 11 is 0. The molecular formula is C28H43NO9. The summed E-state index contributed by atoms with van der Waals surface area (Å²) in [7, 11) is 0. The van der Waals surface area contributed by atoms with Crippen molar-refractivity contribution in [3.63, 3.8) is 0 Å². The van der Waals surface area contributed by atoms with Crippen LogP contribution in [0.3, 0.4) is 0 Å². The minimum absolute atomic E-state index is 0.0560. The quantitative estimate of drug-likeness (QED) is 0.290. The van der Waals surface area contributed by atoms with Gasteiger partial charge in [-0.15, -0.1) is 0 Å². The fourth-order valence-corrected chi connectivity index (χ4v) is 8.90. The number of aliphatic hydroxyl groups excluding tert-OH is 2. The molecule has 10 heteroatoms. The van der Waals surface area contributed by atoms with Crippen LogP contribution in [0, 0.1) is 23.2 Å². The molecular weight excluding hydrogens is 494 g/mol. The van der Waals surface area contributed by atoms with Gasteiger partial charge in [-0.3, -0.25) is 0 Å². The Hall–Kier alpha value is -1.53. The predicted octanol–water partition coefficient (Wildman–Crippen LogP) is 0.942. The Morgan fingerprint density at radius 3 is 2.47 bits per heavy atom. The van der Waals surface area contributed by atoms with Gasteiger partial charge in [-0.2, -0.15) is 0 Å². The maximum Gasteiger partial charge on any atom is 0.355 e. The summed E-state index contributed by atoms with van der Waals surface area (Å²) < 4.78 is 13.7. The minimum atomic E-state index is -2.59. The van der Waals surface area contributed by atoms with Crippen LogP contribution in [0.4, 0.5) is 0 Å². The number of rotatable bonds is 6. The number of hydrogen-bond donors (Lipinski definition) is 6. The first-order chi connectivity index (χ1) is 17.6. The summed E-state index contributed by atoms with van der Waals surface area (Å²) in [5.41, 5.74) is -13.4. The van der Waals surface area contributed by atoms with E-state index in [0.29, 0.717) is 13.0 Å². The SMILES string of the molecule is CCCCn1cccc1C(=O)OC1C(O)(C(C)C)C2(C)C(O)OC34C(O)C(C)CCC3(O)C(C)C1(O)C24O. The van der Waals surface area contributed by atoms with Crippen LogP contribution in [0.15, 0.2) is 18.3 Å². The van der Waals surface area contributed by atoms with Gasteiger partial charge in [-0.1, -0.05) is 41.0 Å². The van der Waals surface area contributed by atoms with E-state index in [0.717, 1.165) is 12.8 Å². The molecule has 1 aromatic heterocycles. The highest BCUT2D eigenvalue weighted by Crippen LogP contribution is 2.80. The Morgan fingerprint density at radius 1 is 1.21 bits per heavy atom. The molecule has 5 rings (SSSR count). The van der Waals surface area contributed by atoms with Crippen LogP contribution < -0.4 is 0 Å². The van der Waals surface area contributed by atoms with Gasteiger partial charge in [0.25, 0.3) is 0 Å². The summed E-state index contributed by atoms with van der Waals surface area (Å²) in [6.45, 7) is 10.5. The van der Waals surface area contributed by atoms with Crippen LogP contribution in [0.1, 0.15) is 77.7 Å². The molecule has 1 aliphatic heterocycles. The van der Waals surface area contributed by atoms with Gasteiger partial charge < -0.3 is 44.7 Å². The number of carbonyl (C=O) groups is 1. The van der Waals surface area contributed by atoms with Crippen molar-refractivity contribution < 1.29 is 44.9 Å². The Morgan fingerprint density at radius 2 is 1.87 bits per heavy atom. The molecule has 4 fully saturated rings. The molecule has 0 amide bonds. The summed E-state index contributed by atoms with van der Waals surface area (Å²) in [5, 5.41) is 73.1. The molecule has 10 nitrogen and oxygen atoms in total. The zero-order valence-electron chi connectivity index (χ0n) is 23.1. The molecule has 0 radical (unpaired) electrons. The van der Waals surface area contributed by atoms with E-state index in [4.69, 9.17) is 9.47 Å². The maximum absolute atomic E-state index is 13.6. The lowest BCUT2D eigenvalue weighted by molar-refractivity contribution is -0.302. The third-order valence-electron chi connectivity index (χ3n) is 11.1. The van der Waals surface area contributed by atoms with Gasteiger partial charge >= 0.3 is 5.97 Å². The molecule has 3 aliphatic carbocycles. The molecule has 2 heterocycles. The lowest BCUT2D eigenvalue weighted by Gasteiger charge is -2.55. The largest absolute Gasteiger partial charge is 0.451 e. The van der Waals surface area contributed by atoms with Gasteiger partial charge in [-0.05, 0) is 50.2 Å². The van der Waals surface area contributed by atoms with E-state index in [2.05, 4.69) is 0 Å². The van der Waals surface area contributed by atoms with E-state index in [9.17, 15) is 35.4 Å². The highest BCUT2D eigenvalue weighted by atomic mass is 16.7. The average molecular weight is 538 g/mol. The van der Waals surface area contributed by atoms with Gasteiger partial charge in [0.05, 0.1) is 11.5 Å². The Kier molecular flexibility index (Phi) is 6.08. The number of aliphatic hydroxyl groups is 6. The first-order valence-corrected chi connectivity index (χ1v) is 13.9. The number of nitrogens with zero attached hydrogens (tertiary/aromatic N) is 1. The molecule has 1 spiro atoms. The third kappa shape index (κ3) is 2.57. The summed E-state index contributed by atoms with van der Waals surface area (Å²) in [6, 6.07) is 3.28. The molecule has 6 N–H and O–H groups in total. The molecule has 11 unspecified atom stereocenters. The standard InChI is InChI=1S/C28H43NO9/c1-7-8-13-29-14-9-10-18(29)20(31)37-21-25(34,15(2)3)23(6)22(32)38-27-19(30)16(4)11-12-24(27,33)17(5)26(21,35)28(23,27)36/h9-10,14-17,19,21-22,30,32-36H,7-8,11-13H2,1-6H3. The van der Waals surface area contributed by atoms with Crippen LogP contribution in [0.5, 0.6) is 0 Å². The van der Waals surface area contributed by atoms with Crippen molar-refractivity contribution in [1.29, 1.82) is 0 Å². The summed E-state index contributed by atoms with van der Waals surface area (Å²) in [6.07, 6.45) is -1.26. The highest BCUT2D eigenvalue weighted by molar-refractivity contribution is 5.88. The number of hydrogen-bond acceptors (Lipinski definition) is 9. The van der Waals surface area contributed by atoms with Crippen molar-refractivity contribution in [3.05, 3.63) is 24.0 Å². The molecule has 0 bridgehead atoms. The van der Waals surface area contributed by atoms with E-state index in [1.807, 2.05) is 6.92 Å². The second-order valence-corrected chi connectivity index (χ2v) is 12.8. The Bertz CT molecular complexity index is 1120. The summed E-state index contributed by atoms with van der Waals surface area (Å²) in [4.78, 5) is 13.6. The molecule has 1 saturated heterocycles. The van der Waals surface area contributed by atoms with Crippen molar-refractivity contribution in [1.82, 2.24) is 4.57 Å². The zero-order valence-corrected chi connectivity index (χ0v) is 23.1. The number of aryl methyl sites for hydroxylation is 1. The van der Waals surface area contributed by atoms with E-state index in [1.165, 1.54) is 13.8 Å². The smallest absolute Gasteiger partial charge is 0.355 e. The maximum atomic E-state index is 13.6. The summed E-state index contributed by atoms with van der Waals surface area (Å²) in [5.74, 6) is -3.25. The van der Waals surface area contributed by atoms with Crippen LogP contribution >= 0.6 is 0 Å². The predicted molar refractivity (Wildman–Crippen MR) is 135 cm³/mol. The molecule has 214 valence electrons. The van der Waals surface area contributed by atoms with Crippen molar-refractivity contribution in [3.8, 4) is 0 Å². The molecule has 0 aromatic carbocycles. The zero-order chi connectivity index (χ0) is 28.3. The molecule has 3 saturated carbocycles. The van der Waals surface area contributed by atoms with Crippen LogP contribution in [-0.2, 0) is 16.0 Å². The van der Waals surface area contributed by atoms with E-state index in [-0.39, 0.29) is 12.1 Å². The fourth-order valence-electron chi connectivity index (χ4n) is 8.90. The third-order valence-corrected chi connectivity index (χ3v) is 11.1. The van der Waals surface area contributed by atoms with Crippen molar-refractivity contribution in [2.24, 2.45) is 23.2 Å². The van der Waals surface area contributed by atoms with Crippen molar-refractivity contribution in [2.75, 3.05) is 0 Å². The average Bonchev–Trinajstić information content (AvgIpc) is 3.48. The lowest BCUT2D eigenvalue weighted by atomic mass is 9.55. The molecule has 1 aromatic rings. The highest BCUT2D eigenvalue weighted by Gasteiger charge is 3.01. The second-order valence-electron chi connectivity index (χ2n) is 12.8. The van der Waals surface area contributed by atoms with Crippen molar-refractivity contribution >= 4 is 5.97 Å². The lowest BCUT2D eigenvalue weighted by Crippen LogP contribution is -2.75. The van der Waals surface area contributed by atoms with Gasteiger partial charge in [0, 0.05) is 18.7 Å². The van der Waals surface area contributed by atoms with Crippen LogP contribution in [0.2, 0.25) is 0 Å². The molecule has 11 atom stereocenters. The van der Waals surface area contributed by atoms with Gasteiger partial charge in [0.15, 0.2) is 18.0 Å². The first kappa shape index (κ1) is 28.0. The minimum Gasteiger partial charge on any atom is -0.451 e. The molecule has 4 aliphatic rings. The number of aromatic nitrogens is 1. The Balaban J connectivity index is 1.72. The number of carbonyl (C=O) groups excluding carboxylic acids is 1. The van der Waals surface area contributed by atoms with Gasteiger partial charge in [0.1, 0.15) is 28.1 Å². The van der Waals surface area contributed by atoms with E-state index < -0.39 is 75.6 Å². The second kappa shape index (κ2) is 8.25. The normalized spacial score (nSPS) is 51.3. The number of esters is 1. The first-order valence-electron chi connectivity index (χ1n) is 13.9. The van der Waals surface area contributed by atoms with Gasteiger partial charge in [-0.25, -0.2) is 4.79 Å². The topological polar surface area (TPSA) is 162 Å². The fraction of sp³-hybridized carbons (Fsp3) is 0.821.